The zero-order valence-electron chi connectivity index (χ0n) is 18.4. The van der Waals surface area contributed by atoms with E-state index >= 15 is 0 Å². The van der Waals surface area contributed by atoms with E-state index in [4.69, 9.17) is 0 Å². The molecule has 160 valence electrons. The predicted octanol–water partition coefficient (Wildman–Crippen LogP) is 4.78. The third kappa shape index (κ3) is 3.30. The van der Waals surface area contributed by atoms with Gasteiger partial charge in [0.25, 0.3) is 0 Å². The second-order valence-electron chi connectivity index (χ2n) is 11.5. The average molecular weight is 399 g/mol. The second-order valence-corrected chi connectivity index (χ2v) is 11.5. The molecule has 4 aliphatic rings. The van der Waals surface area contributed by atoms with Crippen LogP contribution in [0.5, 0.6) is 0 Å². The Labute approximate surface area is 175 Å². The van der Waals surface area contributed by atoms with Crippen molar-refractivity contribution in [3.63, 3.8) is 0 Å². The van der Waals surface area contributed by atoms with Gasteiger partial charge in [-0.3, -0.25) is 9.48 Å². The van der Waals surface area contributed by atoms with E-state index in [1.165, 1.54) is 38.5 Å². The molecule has 1 N–H and O–H groups in total. The number of hydrogen-bond donors (Lipinski definition) is 1. The minimum atomic E-state index is -0.438. The van der Waals surface area contributed by atoms with Crippen LogP contribution in [0, 0.1) is 47.8 Å². The minimum Gasteiger partial charge on any atom is -0.390 e. The van der Waals surface area contributed by atoms with Gasteiger partial charge in [-0.05, 0) is 113 Å². The molecule has 4 heteroatoms. The highest BCUT2D eigenvalue weighted by Crippen LogP contribution is 2.64. The molecule has 0 radical (unpaired) electrons. The van der Waals surface area contributed by atoms with E-state index < -0.39 is 5.60 Å². The highest BCUT2D eigenvalue weighted by molar-refractivity contribution is 5.82. The number of nitrogens with zero attached hydrogens (tertiary/aromatic N) is 2. The summed E-state index contributed by atoms with van der Waals surface area (Å²) in [6.45, 7) is 6.90. The number of Topliss-reactive ketones (excluding diaryl/α,β-unsaturated/α-hetero) is 1. The van der Waals surface area contributed by atoms with Gasteiger partial charge in [0, 0.05) is 12.1 Å². The number of aromatic nitrogens is 2. The van der Waals surface area contributed by atoms with Crippen LogP contribution >= 0.6 is 0 Å². The Kier molecular flexibility index (Phi) is 4.73. The maximum Gasteiger partial charge on any atom is 0.157 e. The summed E-state index contributed by atoms with van der Waals surface area (Å²) >= 11 is 0. The standard InChI is InChI=1S/C25H38N2O2/c1-16-10-13-27(26-16)15-23(28)22-7-6-21-20-5-4-17-14-24(2,29)11-8-18(17)19(20)9-12-25(21,22)3/h10,13,17-22,29H,4-9,11-12,14-15H2,1-3H3/t17-,18-,19+,20+,21-,22+,24+,25-/m0/s1. The number of carbonyl (C=O) groups is 1. The van der Waals surface area contributed by atoms with Gasteiger partial charge >= 0.3 is 0 Å². The summed E-state index contributed by atoms with van der Waals surface area (Å²) in [6, 6.07) is 1.98. The van der Waals surface area contributed by atoms with Crippen molar-refractivity contribution < 1.29 is 9.90 Å². The number of rotatable bonds is 3. The maximum absolute atomic E-state index is 13.3. The number of carbonyl (C=O) groups excluding carboxylic acids is 1. The average Bonchev–Trinajstić information content (AvgIpc) is 3.22. The number of aryl methyl sites for hydroxylation is 1. The summed E-state index contributed by atoms with van der Waals surface area (Å²) in [5, 5.41) is 15.0. The molecule has 4 aliphatic carbocycles. The van der Waals surface area contributed by atoms with Crippen LogP contribution in [-0.4, -0.2) is 26.3 Å². The van der Waals surface area contributed by atoms with Gasteiger partial charge in [-0.2, -0.15) is 5.10 Å². The molecule has 5 rings (SSSR count). The van der Waals surface area contributed by atoms with Gasteiger partial charge in [0.2, 0.25) is 0 Å². The number of aliphatic hydroxyl groups is 1. The molecule has 0 bridgehead atoms. The van der Waals surface area contributed by atoms with Gasteiger partial charge in [-0.15, -0.1) is 0 Å². The lowest BCUT2D eigenvalue weighted by atomic mass is 9.49. The molecule has 0 saturated heterocycles. The highest BCUT2D eigenvalue weighted by atomic mass is 16.3. The first-order chi connectivity index (χ1) is 13.8. The summed E-state index contributed by atoms with van der Waals surface area (Å²) in [7, 11) is 0. The van der Waals surface area contributed by atoms with Gasteiger partial charge in [-0.25, -0.2) is 0 Å². The molecule has 4 saturated carbocycles. The van der Waals surface area contributed by atoms with E-state index in [-0.39, 0.29) is 11.3 Å². The summed E-state index contributed by atoms with van der Waals surface area (Å²) in [5.74, 6) is 4.53. The first-order valence-corrected chi connectivity index (χ1v) is 12.0. The van der Waals surface area contributed by atoms with Crippen LogP contribution in [0.2, 0.25) is 0 Å². The van der Waals surface area contributed by atoms with Crippen LogP contribution in [0.15, 0.2) is 12.3 Å². The van der Waals surface area contributed by atoms with Crippen LogP contribution in [0.3, 0.4) is 0 Å². The molecular weight excluding hydrogens is 360 g/mol. The first-order valence-electron chi connectivity index (χ1n) is 12.0. The zero-order valence-corrected chi connectivity index (χ0v) is 18.4. The molecule has 8 atom stereocenters. The van der Waals surface area contributed by atoms with Crippen molar-refractivity contribution in [2.45, 2.75) is 90.7 Å². The Balaban J connectivity index is 1.31. The van der Waals surface area contributed by atoms with Crippen molar-refractivity contribution in [3.05, 3.63) is 18.0 Å². The van der Waals surface area contributed by atoms with Gasteiger partial charge < -0.3 is 5.11 Å². The van der Waals surface area contributed by atoms with Crippen molar-refractivity contribution in [3.8, 4) is 0 Å². The molecule has 0 aliphatic heterocycles. The van der Waals surface area contributed by atoms with Crippen LogP contribution in [0.1, 0.15) is 77.3 Å². The number of hydrogen-bond acceptors (Lipinski definition) is 3. The van der Waals surface area contributed by atoms with Crippen molar-refractivity contribution in [2.75, 3.05) is 0 Å². The van der Waals surface area contributed by atoms with Gasteiger partial charge in [0.05, 0.1) is 17.8 Å². The normalized spacial score (nSPS) is 46.6. The number of fused-ring (bicyclic) bond motifs is 5. The minimum absolute atomic E-state index is 0.188. The van der Waals surface area contributed by atoms with Crippen molar-refractivity contribution in [1.82, 2.24) is 9.78 Å². The van der Waals surface area contributed by atoms with E-state index in [1.807, 2.05) is 30.8 Å². The summed E-state index contributed by atoms with van der Waals surface area (Å²) in [6.07, 6.45) is 12.6. The van der Waals surface area contributed by atoms with Crippen LogP contribution in [0.25, 0.3) is 0 Å². The van der Waals surface area contributed by atoms with Gasteiger partial charge in [0.1, 0.15) is 0 Å². The van der Waals surface area contributed by atoms with E-state index in [2.05, 4.69) is 12.0 Å². The fourth-order valence-electron chi connectivity index (χ4n) is 8.43. The zero-order chi connectivity index (χ0) is 20.4. The molecule has 29 heavy (non-hydrogen) atoms. The van der Waals surface area contributed by atoms with E-state index in [0.29, 0.717) is 12.3 Å². The Morgan fingerprint density at radius 3 is 2.66 bits per heavy atom. The molecular formula is C25H38N2O2. The molecule has 0 unspecified atom stereocenters. The smallest absolute Gasteiger partial charge is 0.157 e. The van der Waals surface area contributed by atoms with Gasteiger partial charge in [-0.1, -0.05) is 6.92 Å². The largest absolute Gasteiger partial charge is 0.390 e. The summed E-state index contributed by atoms with van der Waals surface area (Å²) < 4.78 is 1.83. The monoisotopic (exact) mass is 398 g/mol. The first kappa shape index (κ1) is 19.8. The molecule has 4 fully saturated rings. The van der Waals surface area contributed by atoms with E-state index in [0.717, 1.165) is 54.5 Å². The fourth-order valence-corrected chi connectivity index (χ4v) is 8.43. The summed E-state index contributed by atoms with van der Waals surface area (Å²) in [4.78, 5) is 13.3. The van der Waals surface area contributed by atoms with Crippen LogP contribution in [-0.2, 0) is 11.3 Å². The molecule has 0 aromatic carbocycles. The molecule has 1 heterocycles. The van der Waals surface area contributed by atoms with Crippen molar-refractivity contribution >= 4 is 5.78 Å². The molecule has 0 spiro atoms. The Bertz CT molecular complexity index is 784. The third-order valence-corrected chi connectivity index (χ3v) is 9.72. The molecule has 1 aromatic rings. The third-order valence-electron chi connectivity index (χ3n) is 9.72. The molecule has 0 amide bonds. The SMILES string of the molecule is Cc1ccn(CC(=O)[C@H]2CC[C@H]3[C@@H]4CC[C@H]5C[C@](C)(O)CC[C@@H]5[C@H]4CC[C@]23C)n1. The molecule has 4 nitrogen and oxygen atoms in total. The Morgan fingerprint density at radius 1 is 1.10 bits per heavy atom. The van der Waals surface area contributed by atoms with Crippen LogP contribution < -0.4 is 0 Å². The van der Waals surface area contributed by atoms with Crippen LogP contribution in [0.4, 0.5) is 0 Å². The molecule has 1 aromatic heterocycles. The maximum atomic E-state index is 13.3. The van der Waals surface area contributed by atoms with E-state index in [1.54, 1.807) is 0 Å². The lowest BCUT2D eigenvalue weighted by Gasteiger charge is -2.56. The fraction of sp³-hybridized carbons (Fsp3) is 0.840. The highest BCUT2D eigenvalue weighted by Gasteiger charge is 2.58. The Hall–Kier alpha value is -1.16. The van der Waals surface area contributed by atoms with Gasteiger partial charge in [0.15, 0.2) is 5.78 Å². The van der Waals surface area contributed by atoms with Crippen molar-refractivity contribution in [2.24, 2.45) is 40.9 Å². The topological polar surface area (TPSA) is 55.1 Å². The predicted molar refractivity (Wildman–Crippen MR) is 113 cm³/mol. The quantitative estimate of drug-likeness (QED) is 0.797. The second kappa shape index (κ2) is 6.93. The Morgan fingerprint density at radius 2 is 1.90 bits per heavy atom. The lowest BCUT2D eigenvalue weighted by Crippen LogP contribution is -2.51. The summed E-state index contributed by atoms with van der Waals surface area (Å²) in [5.41, 5.74) is 0.734. The van der Waals surface area contributed by atoms with Crippen molar-refractivity contribution in [1.29, 1.82) is 0 Å². The van der Waals surface area contributed by atoms with E-state index in [9.17, 15) is 9.90 Å². The lowest BCUT2D eigenvalue weighted by molar-refractivity contribution is -0.133. The number of ketones is 1.